The van der Waals surface area contributed by atoms with Gasteiger partial charge < -0.3 is 10.1 Å². The maximum absolute atomic E-state index is 12.3. The molecule has 2 aromatic carbocycles. The zero-order valence-electron chi connectivity index (χ0n) is 21.2. The summed E-state index contributed by atoms with van der Waals surface area (Å²) in [7, 11) is 0.476. The van der Waals surface area contributed by atoms with Crippen molar-refractivity contribution in [2.24, 2.45) is 0 Å². The van der Waals surface area contributed by atoms with Crippen molar-refractivity contribution in [3.8, 4) is 0 Å². The molecule has 6 nitrogen and oxygen atoms in total. The molecule has 1 amide bonds. The van der Waals surface area contributed by atoms with Gasteiger partial charge in [-0.25, -0.2) is 4.68 Å². The van der Waals surface area contributed by atoms with Crippen molar-refractivity contribution in [1.29, 1.82) is 0 Å². The van der Waals surface area contributed by atoms with Gasteiger partial charge in [-0.2, -0.15) is 5.10 Å². The monoisotopic (exact) mass is 516 g/mol. The summed E-state index contributed by atoms with van der Waals surface area (Å²) in [6.45, 7) is 8.16. The minimum Gasteiger partial charge on any atom is -0.360 e. The molecule has 0 aliphatic rings. The first-order valence-corrected chi connectivity index (χ1v) is 16.5. The molecule has 4 aromatic rings. The number of pyridine rings is 1. The minimum absolute atomic E-state index is 0.0954. The van der Waals surface area contributed by atoms with Crippen LogP contribution in [0.2, 0.25) is 25.7 Å². The van der Waals surface area contributed by atoms with Crippen LogP contribution in [0.4, 0.5) is 0 Å². The lowest BCUT2D eigenvalue weighted by Gasteiger charge is -2.15. The molecular formula is C28H32N4O2SSi. The highest BCUT2D eigenvalue weighted by atomic mass is 32.2. The topological polar surface area (TPSA) is 69.0 Å². The van der Waals surface area contributed by atoms with E-state index in [1.807, 2.05) is 59.3 Å². The lowest BCUT2D eigenvalue weighted by molar-refractivity contribution is 0.0816. The molecular weight excluding hydrogens is 484 g/mol. The van der Waals surface area contributed by atoms with Gasteiger partial charge in [0.25, 0.3) is 5.91 Å². The summed E-state index contributed by atoms with van der Waals surface area (Å²) in [6, 6.07) is 20.9. The first-order valence-electron chi connectivity index (χ1n) is 12.0. The second-order valence-electron chi connectivity index (χ2n) is 9.68. The van der Waals surface area contributed by atoms with Gasteiger partial charge in [0, 0.05) is 43.1 Å². The van der Waals surface area contributed by atoms with Crippen LogP contribution in [-0.4, -0.2) is 42.4 Å². The van der Waals surface area contributed by atoms with Crippen LogP contribution in [0.15, 0.2) is 76.7 Å². The fourth-order valence-electron chi connectivity index (χ4n) is 3.64. The van der Waals surface area contributed by atoms with Crippen LogP contribution in [-0.2, 0) is 11.5 Å². The summed E-state index contributed by atoms with van der Waals surface area (Å²) in [5, 5.41) is 8.63. The van der Waals surface area contributed by atoms with E-state index in [1.54, 1.807) is 25.0 Å². The molecule has 0 aliphatic heterocycles. The first-order chi connectivity index (χ1) is 17.3. The molecule has 1 N–H and O–H groups in total. The summed E-state index contributed by atoms with van der Waals surface area (Å²) in [4.78, 5) is 18.6. The molecule has 2 heterocycles. The number of benzene rings is 2. The zero-order chi connectivity index (χ0) is 25.5. The number of carbonyl (C=O) groups is 1. The van der Waals surface area contributed by atoms with E-state index in [2.05, 4.69) is 48.1 Å². The van der Waals surface area contributed by atoms with Gasteiger partial charge in [0.05, 0.1) is 22.5 Å². The largest absolute Gasteiger partial charge is 0.360 e. The van der Waals surface area contributed by atoms with Crippen LogP contribution in [0.1, 0.15) is 21.7 Å². The predicted molar refractivity (Wildman–Crippen MR) is 151 cm³/mol. The number of fused-ring (bicyclic) bond motifs is 1. The highest BCUT2D eigenvalue weighted by molar-refractivity contribution is 7.99. The van der Waals surface area contributed by atoms with Crippen LogP contribution in [0.3, 0.4) is 0 Å². The second kappa shape index (κ2) is 11.7. The Kier molecular flexibility index (Phi) is 8.40. The number of hydrogen-bond donors (Lipinski definition) is 1. The Morgan fingerprint density at radius 2 is 1.89 bits per heavy atom. The van der Waals surface area contributed by atoms with Gasteiger partial charge in [-0.15, -0.1) is 0 Å². The van der Waals surface area contributed by atoms with Crippen molar-refractivity contribution in [2.75, 3.05) is 13.7 Å². The van der Waals surface area contributed by atoms with Crippen molar-refractivity contribution >= 4 is 48.8 Å². The van der Waals surface area contributed by atoms with Crippen LogP contribution in [0.5, 0.6) is 0 Å². The summed E-state index contributed by atoms with van der Waals surface area (Å²) in [6.07, 6.45) is 5.75. The van der Waals surface area contributed by atoms with E-state index < -0.39 is 8.07 Å². The third-order valence-corrected chi connectivity index (χ3v) is 8.42. The molecule has 4 rings (SSSR count). The van der Waals surface area contributed by atoms with Gasteiger partial charge in [0.15, 0.2) is 0 Å². The van der Waals surface area contributed by atoms with Crippen molar-refractivity contribution in [2.45, 2.75) is 42.2 Å². The van der Waals surface area contributed by atoms with E-state index >= 15 is 0 Å². The molecule has 2 aromatic heterocycles. The van der Waals surface area contributed by atoms with Crippen LogP contribution in [0, 0.1) is 0 Å². The highest BCUT2D eigenvalue weighted by Crippen LogP contribution is 2.33. The maximum Gasteiger partial charge on any atom is 0.252 e. The molecule has 0 unspecified atom stereocenters. The number of carbonyl (C=O) groups excluding carboxylic acids is 1. The van der Waals surface area contributed by atoms with Crippen LogP contribution in [0.25, 0.3) is 23.1 Å². The van der Waals surface area contributed by atoms with E-state index in [-0.39, 0.29) is 5.91 Å². The lowest BCUT2D eigenvalue weighted by atomic mass is 10.2. The Labute approximate surface area is 217 Å². The highest BCUT2D eigenvalue weighted by Gasteiger charge is 2.15. The number of hydrogen-bond acceptors (Lipinski definition) is 5. The van der Waals surface area contributed by atoms with Gasteiger partial charge in [0.1, 0.15) is 6.73 Å². The van der Waals surface area contributed by atoms with E-state index in [1.165, 1.54) is 0 Å². The van der Waals surface area contributed by atoms with Crippen LogP contribution >= 0.6 is 11.8 Å². The molecule has 186 valence electrons. The Bertz CT molecular complexity index is 1360. The Hall–Kier alpha value is -3.20. The van der Waals surface area contributed by atoms with Crippen molar-refractivity contribution < 1.29 is 9.53 Å². The van der Waals surface area contributed by atoms with E-state index in [4.69, 9.17) is 9.84 Å². The molecule has 0 fully saturated rings. The van der Waals surface area contributed by atoms with Crippen molar-refractivity contribution in [1.82, 2.24) is 20.1 Å². The second-order valence-corrected chi connectivity index (χ2v) is 16.4. The summed E-state index contributed by atoms with van der Waals surface area (Å²) >= 11 is 1.57. The minimum atomic E-state index is -1.17. The summed E-state index contributed by atoms with van der Waals surface area (Å²) < 4.78 is 7.97. The molecule has 8 heteroatoms. The number of ether oxygens (including phenoxy) is 1. The quantitative estimate of drug-likeness (QED) is 0.194. The standard InChI is InChI=1S/C28H32N4O2SSi/c1-29-28(33)24-10-5-6-11-27(24)35-22-13-14-23-25(15-12-21-9-7-8-16-30-21)31-32(26(23)19-22)20-34-17-18-36(2,3)4/h5-16,19H,17-18,20H2,1-4H3,(H,29,33)/b15-12+. The van der Waals surface area contributed by atoms with Gasteiger partial charge in [-0.1, -0.05) is 49.6 Å². The smallest absolute Gasteiger partial charge is 0.252 e. The molecule has 36 heavy (non-hydrogen) atoms. The SMILES string of the molecule is CNC(=O)c1ccccc1Sc1ccc2c(/C=C/c3ccccn3)nn(COCC[Si](C)(C)C)c2c1. The third-order valence-electron chi connectivity index (χ3n) is 5.65. The zero-order valence-corrected chi connectivity index (χ0v) is 23.0. The lowest BCUT2D eigenvalue weighted by Crippen LogP contribution is -2.22. The van der Waals surface area contributed by atoms with Gasteiger partial charge in [-0.3, -0.25) is 9.78 Å². The molecule has 0 saturated heterocycles. The normalized spacial score (nSPS) is 11.9. The Morgan fingerprint density at radius 3 is 2.64 bits per heavy atom. The van der Waals surface area contributed by atoms with E-state index in [0.717, 1.165) is 44.7 Å². The number of amides is 1. The number of aromatic nitrogens is 3. The number of nitrogens with zero attached hydrogens (tertiary/aromatic N) is 3. The summed E-state index contributed by atoms with van der Waals surface area (Å²) in [5.41, 5.74) is 3.40. The average Bonchev–Trinajstić information content (AvgIpc) is 3.22. The van der Waals surface area contributed by atoms with E-state index in [9.17, 15) is 4.79 Å². The van der Waals surface area contributed by atoms with Gasteiger partial charge >= 0.3 is 0 Å². The molecule has 0 saturated carbocycles. The fraction of sp³-hybridized carbons (Fsp3) is 0.250. The molecule has 0 bridgehead atoms. The predicted octanol–water partition coefficient (Wildman–Crippen LogP) is 6.42. The number of rotatable bonds is 10. The van der Waals surface area contributed by atoms with Crippen molar-refractivity contribution in [3.05, 3.63) is 83.8 Å². The average molecular weight is 517 g/mol. The van der Waals surface area contributed by atoms with Gasteiger partial charge in [0.2, 0.25) is 0 Å². The first kappa shape index (κ1) is 25.9. The Balaban J connectivity index is 1.65. The fourth-order valence-corrected chi connectivity index (χ4v) is 5.37. The maximum atomic E-state index is 12.3. The molecule has 0 atom stereocenters. The van der Waals surface area contributed by atoms with Gasteiger partial charge in [-0.05, 0) is 60.7 Å². The van der Waals surface area contributed by atoms with Crippen molar-refractivity contribution in [3.63, 3.8) is 0 Å². The molecule has 0 spiro atoms. The third kappa shape index (κ3) is 6.72. The molecule has 0 radical (unpaired) electrons. The summed E-state index contributed by atoms with van der Waals surface area (Å²) in [5.74, 6) is -0.0954. The van der Waals surface area contributed by atoms with E-state index in [0.29, 0.717) is 12.3 Å². The Morgan fingerprint density at radius 1 is 1.08 bits per heavy atom. The molecule has 0 aliphatic carbocycles. The van der Waals surface area contributed by atoms with Crippen LogP contribution < -0.4 is 5.32 Å². The number of nitrogens with one attached hydrogen (secondary N) is 1.